The number of aromatic amines is 1. The number of ether oxygens (including phenoxy) is 1. The van der Waals surface area contributed by atoms with Crippen LogP contribution in [0.15, 0.2) is 30.3 Å². The maximum atomic E-state index is 12.4. The summed E-state index contributed by atoms with van der Waals surface area (Å²) in [4.78, 5) is 29.7. The van der Waals surface area contributed by atoms with Crippen LogP contribution in [0.2, 0.25) is 0 Å². The molecule has 9 nitrogen and oxygen atoms in total. The van der Waals surface area contributed by atoms with E-state index in [2.05, 4.69) is 55.8 Å². The van der Waals surface area contributed by atoms with Gasteiger partial charge in [0.1, 0.15) is 11.4 Å². The highest BCUT2D eigenvalue weighted by molar-refractivity contribution is 6.62. The lowest BCUT2D eigenvalue weighted by atomic mass is 9.79. The van der Waals surface area contributed by atoms with Crippen LogP contribution in [0, 0.1) is 6.92 Å². The van der Waals surface area contributed by atoms with Gasteiger partial charge in [0, 0.05) is 50.5 Å². The maximum absolute atomic E-state index is 12.4. The van der Waals surface area contributed by atoms with Crippen molar-refractivity contribution in [2.24, 2.45) is 0 Å². The van der Waals surface area contributed by atoms with Gasteiger partial charge in [-0.15, -0.1) is 0 Å². The van der Waals surface area contributed by atoms with Crippen molar-refractivity contribution in [3.05, 3.63) is 53.1 Å². The zero-order chi connectivity index (χ0) is 28.9. The van der Waals surface area contributed by atoms with E-state index in [-0.39, 0.29) is 17.3 Å². The highest BCUT2D eigenvalue weighted by Gasteiger charge is 2.51. The number of aromatic nitrogens is 3. The molecule has 2 fully saturated rings. The fourth-order valence-corrected chi connectivity index (χ4v) is 5.13. The first kappa shape index (κ1) is 28.6. The van der Waals surface area contributed by atoms with Crippen LogP contribution in [-0.2, 0) is 27.0 Å². The third kappa shape index (κ3) is 6.34. The van der Waals surface area contributed by atoms with Crippen molar-refractivity contribution < 1.29 is 18.8 Å². The number of nitrogens with zero attached hydrogens (tertiary/aromatic N) is 4. The van der Waals surface area contributed by atoms with Crippen LogP contribution in [0.4, 0.5) is 4.79 Å². The monoisotopic (exact) mass is 547 g/mol. The topological polar surface area (TPSA) is 92.8 Å². The molecule has 10 heteroatoms. The molecule has 214 valence electrons. The van der Waals surface area contributed by atoms with Crippen LogP contribution in [0.25, 0.3) is 11.0 Å². The number of imidazole rings is 1. The predicted octanol–water partition coefficient (Wildman–Crippen LogP) is 4.21. The summed E-state index contributed by atoms with van der Waals surface area (Å²) in [7, 11) is -0.409. The van der Waals surface area contributed by atoms with Crippen molar-refractivity contribution in [1.82, 2.24) is 24.8 Å². The number of aryl methyl sites for hydroxylation is 1. The van der Waals surface area contributed by atoms with Crippen LogP contribution in [0.3, 0.4) is 0 Å². The van der Waals surface area contributed by atoms with Crippen molar-refractivity contribution in [2.75, 3.05) is 26.2 Å². The summed E-state index contributed by atoms with van der Waals surface area (Å²) in [6.45, 7) is 19.7. The molecule has 1 aromatic carbocycles. The Balaban J connectivity index is 1.23. The predicted molar refractivity (Wildman–Crippen MR) is 157 cm³/mol. The van der Waals surface area contributed by atoms with Gasteiger partial charge in [-0.2, -0.15) is 0 Å². The third-order valence-electron chi connectivity index (χ3n) is 7.93. The van der Waals surface area contributed by atoms with E-state index in [1.54, 1.807) is 4.90 Å². The zero-order valence-electron chi connectivity index (χ0n) is 25.1. The molecule has 4 heterocycles. The van der Waals surface area contributed by atoms with Gasteiger partial charge < -0.3 is 23.9 Å². The number of H-pyrrole nitrogens is 1. The summed E-state index contributed by atoms with van der Waals surface area (Å²) in [6, 6.07) is 10.4. The second kappa shape index (κ2) is 10.5. The van der Waals surface area contributed by atoms with Gasteiger partial charge in [0.2, 0.25) is 0 Å². The molecule has 2 aliphatic rings. The summed E-state index contributed by atoms with van der Waals surface area (Å²) >= 11 is 0. The highest BCUT2D eigenvalue weighted by Crippen LogP contribution is 2.36. The smallest absolute Gasteiger partial charge is 0.444 e. The van der Waals surface area contributed by atoms with E-state index in [1.807, 2.05) is 39.8 Å². The molecule has 1 N–H and O–H groups in total. The fraction of sp³-hybridized carbons (Fsp3) is 0.567. The number of amides is 1. The number of pyridine rings is 1. The molecule has 5 rings (SSSR count). The Labute approximate surface area is 237 Å². The molecular formula is C30H42BN5O4. The van der Waals surface area contributed by atoms with E-state index < -0.39 is 12.7 Å². The van der Waals surface area contributed by atoms with Crippen molar-refractivity contribution in [3.63, 3.8) is 0 Å². The summed E-state index contributed by atoms with van der Waals surface area (Å²) in [6.07, 6.45) is 0.379. The fourth-order valence-electron chi connectivity index (χ4n) is 5.13. The first-order valence-corrected chi connectivity index (χ1v) is 14.2. The first-order valence-electron chi connectivity index (χ1n) is 14.2. The molecule has 0 spiro atoms. The van der Waals surface area contributed by atoms with Crippen LogP contribution >= 0.6 is 0 Å². The quantitative estimate of drug-likeness (QED) is 0.479. The van der Waals surface area contributed by atoms with Crippen LogP contribution in [0.1, 0.15) is 71.2 Å². The lowest BCUT2D eigenvalue weighted by Crippen LogP contribution is -2.49. The minimum absolute atomic E-state index is 0.233. The molecule has 40 heavy (non-hydrogen) atoms. The molecule has 0 aliphatic carbocycles. The Bertz CT molecular complexity index is 1370. The summed E-state index contributed by atoms with van der Waals surface area (Å²) in [5.41, 5.74) is 4.78. The Morgan fingerprint density at radius 3 is 2.35 bits per heavy atom. The van der Waals surface area contributed by atoms with Crippen LogP contribution in [-0.4, -0.2) is 80.9 Å². The van der Waals surface area contributed by atoms with Gasteiger partial charge in [-0.25, -0.2) is 9.78 Å². The average Bonchev–Trinajstić information content (AvgIpc) is 3.33. The van der Waals surface area contributed by atoms with Gasteiger partial charge in [0.05, 0.1) is 22.2 Å². The Kier molecular flexibility index (Phi) is 7.48. The number of nitrogens with one attached hydrogen (secondary N) is 1. The first-order chi connectivity index (χ1) is 18.7. The molecule has 2 saturated heterocycles. The number of piperazine rings is 1. The molecule has 0 atom stereocenters. The molecule has 0 radical (unpaired) electrons. The van der Waals surface area contributed by atoms with Crippen LogP contribution in [0.5, 0.6) is 0 Å². The molecule has 0 saturated carbocycles. The Morgan fingerprint density at radius 2 is 1.70 bits per heavy atom. The number of rotatable bonds is 5. The van der Waals surface area contributed by atoms with E-state index in [0.717, 1.165) is 53.3 Å². The molecule has 0 unspecified atom stereocenters. The third-order valence-corrected chi connectivity index (χ3v) is 7.93. The summed E-state index contributed by atoms with van der Waals surface area (Å²) < 4.78 is 18.0. The second-order valence-electron chi connectivity index (χ2n) is 13.1. The van der Waals surface area contributed by atoms with Gasteiger partial charge >= 0.3 is 13.2 Å². The summed E-state index contributed by atoms with van der Waals surface area (Å²) in [5.74, 6) is 0.871. The lowest BCUT2D eigenvalue weighted by Gasteiger charge is -2.35. The average molecular weight is 548 g/mol. The molecule has 0 bridgehead atoms. The number of carbonyl (C=O) groups excluding carboxylic acids is 1. The molecule has 3 aromatic rings. The van der Waals surface area contributed by atoms with E-state index >= 15 is 0 Å². The normalized spacial score (nSPS) is 19.4. The Hall–Kier alpha value is -2.95. The van der Waals surface area contributed by atoms with Crippen molar-refractivity contribution in [1.29, 1.82) is 0 Å². The van der Waals surface area contributed by atoms with Crippen LogP contribution < -0.4 is 5.46 Å². The number of fused-ring (bicyclic) bond motifs is 1. The highest BCUT2D eigenvalue weighted by atomic mass is 16.7. The molecule has 2 aromatic heterocycles. The van der Waals surface area contributed by atoms with Gasteiger partial charge in [0.25, 0.3) is 0 Å². The SMILES string of the molecule is Cc1cc(CN2CCN(C(=O)OC(C)(C)C)CC2)cc(Cc2nc3ccc(B4OC(C)(C)C(C)(C)O4)cc3[nH]2)n1. The number of hydrogen-bond acceptors (Lipinski definition) is 7. The zero-order valence-corrected chi connectivity index (χ0v) is 25.1. The van der Waals surface area contributed by atoms with Gasteiger partial charge in [-0.3, -0.25) is 9.88 Å². The maximum Gasteiger partial charge on any atom is 0.494 e. The van der Waals surface area contributed by atoms with E-state index in [9.17, 15) is 4.79 Å². The lowest BCUT2D eigenvalue weighted by molar-refractivity contribution is 0.00578. The molecular weight excluding hydrogens is 505 g/mol. The second-order valence-corrected chi connectivity index (χ2v) is 13.1. The number of carbonyl (C=O) groups is 1. The minimum atomic E-state index is -0.478. The number of benzene rings is 1. The summed E-state index contributed by atoms with van der Waals surface area (Å²) in [5, 5.41) is 0. The van der Waals surface area contributed by atoms with Crippen molar-refractivity contribution in [3.8, 4) is 0 Å². The van der Waals surface area contributed by atoms with Crippen molar-refractivity contribution >= 4 is 29.7 Å². The van der Waals surface area contributed by atoms with E-state index in [4.69, 9.17) is 24.0 Å². The van der Waals surface area contributed by atoms with Gasteiger partial charge in [-0.1, -0.05) is 6.07 Å². The standard InChI is InChI=1S/C30H42BN5O4/c1-20-15-21(19-35-11-13-36(14-12-35)27(37)38-28(2,3)4)16-23(32-20)18-26-33-24-10-9-22(17-25(24)34-26)31-39-29(5,6)30(7,8)40-31/h9-10,15-17H,11-14,18-19H2,1-8H3,(H,33,34). The largest absolute Gasteiger partial charge is 0.494 e. The molecule has 1 amide bonds. The van der Waals surface area contributed by atoms with E-state index in [1.165, 1.54) is 5.56 Å². The van der Waals surface area contributed by atoms with Gasteiger partial charge in [0.15, 0.2) is 0 Å². The minimum Gasteiger partial charge on any atom is -0.444 e. The van der Waals surface area contributed by atoms with E-state index in [0.29, 0.717) is 19.5 Å². The Morgan fingerprint density at radius 1 is 1.02 bits per heavy atom. The van der Waals surface area contributed by atoms with Crippen molar-refractivity contribution in [2.45, 2.75) is 85.2 Å². The molecule has 2 aliphatic heterocycles. The number of hydrogen-bond donors (Lipinski definition) is 1. The van der Waals surface area contributed by atoms with Gasteiger partial charge in [-0.05, 0) is 90.7 Å².